The molecule has 1 aliphatic carbocycles. The van der Waals surface area contributed by atoms with E-state index in [1.807, 2.05) is 0 Å². The summed E-state index contributed by atoms with van der Waals surface area (Å²) in [6.45, 7) is -0.904. The second-order valence-electron chi connectivity index (χ2n) is 9.52. The van der Waals surface area contributed by atoms with Gasteiger partial charge in [0.15, 0.2) is 0 Å². The number of amides is 1. The smallest absolute Gasteiger partial charge is 0.325 e. The average Bonchev–Trinajstić information content (AvgIpc) is 3.42. The summed E-state index contributed by atoms with van der Waals surface area (Å²) >= 11 is 6.89. The van der Waals surface area contributed by atoms with Gasteiger partial charge in [-0.3, -0.25) is 4.79 Å². The van der Waals surface area contributed by atoms with E-state index < -0.39 is 49.3 Å². The molecule has 0 spiro atoms. The molecule has 4 rings (SSSR count). The van der Waals surface area contributed by atoms with E-state index in [1.54, 1.807) is 17.5 Å². The van der Waals surface area contributed by atoms with Gasteiger partial charge in [0, 0.05) is 23.2 Å². The summed E-state index contributed by atoms with van der Waals surface area (Å²) in [6, 6.07) is 10.7. The second kappa shape index (κ2) is 12.8. The maximum Gasteiger partial charge on any atom is 0.417 e. The molecule has 41 heavy (non-hydrogen) atoms. The Morgan fingerprint density at radius 1 is 0.976 bits per heavy atom. The van der Waals surface area contributed by atoms with Crippen LogP contribution >= 0.6 is 22.9 Å². The van der Waals surface area contributed by atoms with Crippen LogP contribution < -0.4 is 10.0 Å². The van der Waals surface area contributed by atoms with Gasteiger partial charge < -0.3 is 5.32 Å². The van der Waals surface area contributed by atoms with Gasteiger partial charge in [-0.05, 0) is 66.8 Å². The molecule has 8 nitrogen and oxygen atoms in total. The number of benzene rings is 2. The Morgan fingerprint density at radius 3 is 2.24 bits per heavy atom. The van der Waals surface area contributed by atoms with Crippen LogP contribution in [0.5, 0.6) is 0 Å². The SMILES string of the molecule is O=C(CN(Cc1cccs1)S(=O)(=O)c1ccc(S(=O)(=O)NC2CCCCC2)cc1)Nc1ccc(Cl)c(C(F)(F)F)c1. The van der Waals surface area contributed by atoms with Gasteiger partial charge in [-0.2, -0.15) is 17.5 Å². The van der Waals surface area contributed by atoms with Crippen molar-refractivity contribution in [3.63, 3.8) is 0 Å². The first-order chi connectivity index (χ1) is 19.3. The highest BCUT2D eigenvalue weighted by atomic mass is 35.5. The van der Waals surface area contributed by atoms with E-state index in [-0.39, 0.29) is 28.1 Å². The van der Waals surface area contributed by atoms with E-state index in [4.69, 9.17) is 11.6 Å². The Hall–Kier alpha value is -2.49. The van der Waals surface area contributed by atoms with Crippen molar-refractivity contribution in [2.75, 3.05) is 11.9 Å². The van der Waals surface area contributed by atoms with Crippen molar-refractivity contribution < 1.29 is 34.8 Å². The fourth-order valence-corrected chi connectivity index (χ4v) is 8.14. The molecule has 2 aromatic carbocycles. The lowest BCUT2D eigenvalue weighted by Gasteiger charge is -2.23. The highest BCUT2D eigenvalue weighted by molar-refractivity contribution is 7.89. The van der Waals surface area contributed by atoms with Gasteiger partial charge >= 0.3 is 6.18 Å². The van der Waals surface area contributed by atoms with Gasteiger partial charge in [-0.25, -0.2) is 21.6 Å². The quantitative estimate of drug-likeness (QED) is 0.286. The fourth-order valence-electron chi connectivity index (χ4n) is 4.43. The van der Waals surface area contributed by atoms with Gasteiger partial charge in [0.2, 0.25) is 26.0 Å². The third-order valence-corrected chi connectivity index (χ3v) is 11.0. The maximum absolute atomic E-state index is 13.6. The molecule has 0 aliphatic heterocycles. The zero-order chi connectivity index (χ0) is 29.8. The van der Waals surface area contributed by atoms with Gasteiger partial charge in [0.1, 0.15) is 0 Å². The predicted molar refractivity (Wildman–Crippen MR) is 151 cm³/mol. The van der Waals surface area contributed by atoms with Crippen molar-refractivity contribution >= 4 is 54.6 Å². The number of nitrogens with zero attached hydrogens (tertiary/aromatic N) is 1. The largest absolute Gasteiger partial charge is 0.417 e. The first-order valence-corrected chi connectivity index (χ1v) is 16.8. The molecule has 1 heterocycles. The molecule has 2 N–H and O–H groups in total. The topological polar surface area (TPSA) is 113 Å². The minimum absolute atomic E-state index is 0.0900. The lowest BCUT2D eigenvalue weighted by Crippen LogP contribution is -2.37. The van der Waals surface area contributed by atoms with Gasteiger partial charge in [-0.15, -0.1) is 11.3 Å². The highest BCUT2D eigenvalue weighted by Gasteiger charge is 2.34. The first-order valence-electron chi connectivity index (χ1n) is 12.6. The minimum atomic E-state index is -4.75. The zero-order valence-electron chi connectivity index (χ0n) is 21.5. The number of thiophene rings is 1. The monoisotopic (exact) mass is 649 g/mol. The van der Waals surface area contributed by atoms with E-state index >= 15 is 0 Å². The van der Waals surface area contributed by atoms with E-state index in [2.05, 4.69) is 10.0 Å². The van der Waals surface area contributed by atoms with Crippen molar-refractivity contribution in [1.82, 2.24) is 9.03 Å². The number of hydrogen-bond acceptors (Lipinski definition) is 6. The summed E-state index contributed by atoms with van der Waals surface area (Å²) in [7, 11) is -8.19. The molecule has 0 radical (unpaired) electrons. The van der Waals surface area contributed by atoms with Crippen molar-refractivity contribution in [3.05, 3.63) is 75.4 Å². The number of halogens is 4. The van der Waals surface area contributed by atoms with Crippen LogP contribution in [0.2, 0.25) is 5.02 Å². The molecule has 222 valence electrons. The standard InChI is InChI=1S/C26H27ClF3N3O5S3/c27-24-13-8-19(15-23(24)26(28,29)30)31-25(34)17-33(16-20-7-4-14-39-20)41(37,38)22-11-9-21(10-12-22)40(35,36)32-18-5-2-1-3-6-18/h4,7-15,18,32H,1-3,5-6,16-17H2,(H,31,34). The van der Waals surface area contributed by atoms with E-state index in [9.17, 15) is 34.8 Å². The molecule has 1 fully saturated rings. The molecule has 0 bridgehead atoms. The van der Waals surface area contributed by atoms with Crippen LogP contribution in [0.4, 0.5) is 18.9 Å². The zero-order valence-corrected chi connectivity index (χ0v) is 24.7. The average molecular weight is 650 g/mol. The molecule has 15 heteroatoms. The molecule has 0 saturated heterocycles. The van der Waals surface area contributed by atoms with E-state index in [0.717, 1.165) is 54.6 Å². The summed E-state index contributed by atoms with van der Waals surface area (Å²) in [5.41, 5.74) is -1.35. The summed E-state index contributed by atoms with van der Waals surface area (Å²) in [5, 5.41) is 3.48. The molecule has 1 aromatic heterocycles. The van der Waals surface area contributed by atoms with Crippen LogP contribution in [0, 0.1) is 0 Å². The summed E-state index contributed by atoms with van der Waals surface area (Å²) in [4.78, 5) is 13.1. The normalized spacial score (nSPS) is 15.2. The number of nitrogens with one attached hydrogen (secondary N) is 2. The van der Waals surface area contributed by atoms with E-state index in [1.165, 1.54) is 29.5 Å². The lowest BCUT2D eigenvalue weighted by molar-refractivity contribution is -0.137. The molecule has 1 amide bonds. The van der Waals surface area contributed by atoms with Crippen molar-refractivity contribution in [3.8, 4) is 0 Å². The number of carbonyl (C=O) groups is 1. The minimum Gasteiger partial charge on any atom is -0.325 e. The molecular weight excluding hydrogens is 623 g/mol. The van der Waals surface area contributed by atoms with Crippen molar-refractivity contribution in [2.24, 2.45) is 0 Å². The predicted octanol–water partition coefficient (Wildman–Crippen LogP) is 5.86. The molecule has 1 saturated carbocycles. The number of sulfonamides is 2. The Morgan fingerprint density at radius 2 is 1.63 bits per heavy atom. The highest BCUT2D eigenvalue weighted by Crippen LogP contribution is 2.36. The molecule has 0 atom stereocenters. The Bertz CT molecular complexity index is 1570. The van der Waals surface area contributed by atoms with Crippen LogP contribution in [-0.2, 0) is 37.6 Å². The number of hydrogen-bond donors (Lipinski definition) is 2. The molecule has 0 unspecified atom stereocenters. The number of rotatable bonds is 10. The van der Waals surface area contributed by atoms with Crippen LogP contribution in [-0.4, -0.2) is 39.6 Å². The first kappa shape index (κ1) is 31.4. The van der Waals surface area contributed by atoms with Crippen LogP contribution in [0.1, 0.15) is 42.5 Å². The van der Waals surface area contributed by atoms with E-state index in [0.29, 0.717) is 10.9 Å². The van der Waals surface area contributed by atoms with Gasteiger partial charge in [-0.1, -0.05) is 36.9 Å². The van der Waals surface area contributed by atoms with Crippen molar-refractivity contribution in [2.45, 2.75) is 60.7 Å². The number of carbonyl (C=O) groups excluding carboxylic acids is 1. The lowest BCUT2D eigenvalue weighted by atomic mass is 9.96. The maximum atomic E-state index is 13.6. The molecule has 3 aromatic rings. The Kier molecular flexibility index (Phi) is 9.81. The van der Waals surface area contributed by atoms with Gasteiger partial charge in [0.25, 0.3) is 0 Å². The fraction of sp³-hybridized carbons (Fsp3) is 0.346. The second-order valence-corrected chi connectivity index (χ2v) is 14.6. The summed E-state index contributed by atoms with van der Waals surface area (Å²) in [5.74, 6) is -0.878. The third-order valence-electron chi connectivity index (χ3n) is 6.49. The summed E-state index contributed by atoms with van der Waals surface area (Å²) in [6.07, 6.45) is -0.367. The molecule has 1 aliphatic rings. The van der Waals surface area contributed by atoms with Crippen LogP contribution in [0.25, 0.3) is 0 Å². The summed E-state index contributed by atoms with van der Waals surface area (Å²) < 4.78 is 96.0. The van der Waals surface area contributed by atoms with Crippen molar-refractivity contribution in [1.29, 1.82) is 0 Å². The number of anilines is 1. The molecular formula is C26H27ClF3N3O5S3. The Labute approximate surface area is 245 Å². The van der Waals surface area contributed by atoms with Crippen LogP contribution in [0.15, 0.2) is 69.8 Å². The van der Waals surface area contributed by atoms with Crippen LogP contribution in [0.3, 0.4) is 0 Å². The third kappa shape index (κ3) is 8.08. The van der Waals surface area contributed by atoms with Gasteiger partial charge in [0.05, 0.1) is 26.9 Å². The number of alkyl halides is 3. The Balaban J connectivity index is 1.54.